The fraction of sp³-hybridized carbons (Fsp3) is 0.556. The van der Waals surface area contributed by atoms with Crippen LogP contribution in [0.4, 0.5) is 5.69 Å². The van der Waals surface area contributed by atoms with Crippen LogP contribution >= 0.6 is 0 Å². The summed E-state index contributed by atoms with van der Waals surface area (Å²) in [6.45, 7) is 4.03. The van der Waals surface area contributed by atoms with E-state index < -0.39 is 0 Å². The summed E-state index contributed by atoms with van der Waals surface area (Å²) in [7, 11) is 1.59. The summed E-state index contributed by atoms with van der Waals surface area (Å²) < 4.78 is 5.37. The molecule has 2 unspecified atom stereocenters. The van der Waals surface area contributed by atoms with Gasteiger partial charge in [0.05, 0.1) is 18.7 Å². The Morgan fingerprint density at radius 1 is 1.46 bits per heavy atom. The quantitative estimate of drug-likeness (QED) is 0.851. The number of nitrogens with zero attached hydrogens (tertiary/aromatic N) is 1. The van der Waals surface area contributed by atoms with E-state index in [9.17, 15) is 9.59 Å². The molecule has 0 spiro atoms. The average Bonchev–Trinajstić information content (AvgIpc) is 3.22. The van der Waals surface area contributed by atoms with E-state index >= 15 is 0 Å². The van der Waals surface area contributed by atoms with Gasteiger partial charge in [0.25, 0.3) is 0 Å². The van der Waals surface area contributed by atoms with Crippen molar-refractivity contribution in [2.75, 3.05) is 31.6 Å². The van der Waals surface area contributed by atoms with E-state index in [0.29, 0.717) is 24.9 Å². The topological polar surface area (TPSA) is 70.7 Å². The number of ether oxygens (including phenoxy) is 1. The van der Waals surface area contributed by atoms with Crippen LogP contribution < -0.4 is 20.3 Å². The Hall–Kier alpha value is -2.08. The Balaban J connectivity index is 1.64. The van der Waals surface area contributed by atoms with E-state index in [1.54, 1.807) is 12.0 Å². The molecular formula is C18H25N3O3. The lowest BCUT2D eigenvalue weighted by Crippen LogP contribution is -2.40. The van der Waals surface area contributed by atoms with Crippen molar-refractivity contribution in [1.29, 1.82) is 0 Å². The third-order valence-electron chi connectivity index (χ3n) is 4.81. The monoisotopic (exact) mass is 331 g/mol. The Bertz CT molecular complexity index is 626. The van der Waals surface area contributed by atoms with E-state index in [4.69, 9.17) is 4.74 Å². The maximum Gasteiger partial charge on any atom is 0.227 e. The van der Waals surface area contributed by atoms with E-state index in [1.165, 1.54) is 0 Å². The summed E-state index contributed by atoms with van der Waals surface area (Å²) in [5.74, 6) is 0.290. The van der Waals surface area contributed by atoms with E-state index in [1.807, 2.05) is 25.1 Å². The number of anilines is 1. The molecule has 1 aromatic carbocycles. The number of benzene rings is 1. The first-order chi connectivity index (χ1) is 11.6. The largest absolute Gasteiger partial charge is 0.495 e. The molecule has 24 heavy (non-hydrogen) atoms. The van der Waals surface area contributed by atoms with Crippen molar-refractivity contribution < 1.29 is 14.3 Å². The third kappa shape index (κ3) is 3.53. The van der Waals surface area contributed by atoms with Crippen molar-refractivity contribution in [2.45, 2.75) is 32.2 Å². The Morgan fingerprint density at radius 2 is 2.29 bits per heavy atom. The molecule has 0 aromatic heterocycles. The number of amides is 2. The predicted molar refractivity (Wildman–Crippen MR) is 92.2 cm³/mol. The van der Waals surface area contributed by atoms with Gasteiger partial charge in [0.1, 0.15) is 5.75 Å². The minimum absolute atomic E-state index is 0.0296. The van der Waals surface area contributed by atoms with Crippen LogP contribution in [0.1, 0.15) is 24.8 Å². The van der Waals surface area contributed by atoms with Gasteiger partial charge in [-0.2, -0.15) is 0 Å². The molecule has 2 atom stereocenters. The molecule has 2 aliphatic heterocycles. The fourth-order valence-corrected chi connectivity index (χ4v) is 3.43. The van der Waals surface area contributed by atoms with Gasteiger partial charge in [0, 0.05) is 25.6 Å². The minimum Gasteiger partial charge on any atom is -0.495 e. The molecule has 2 saturated heterocycles. The van der Waals surface area contributed by atoms with E-state index in [2.05, 4.69) is 10.6 Å². The van der Waals surface area contributed by atoms with Crippen molar-refractivity contribution in [2.24, 2.45) is 5.92 Å². The van der Waals surface area contributed by atoms with Gasteiger partial charge >= 0.3 is 0 Å². The van der Waals surface area contributed by atoms with Gasteiger partial charge in [-0.1, -0.05) is 6.07 Å². The second-order valence-electron chi connectivity index (χ2n) is 6.62. The zero-order valence-electron chi connectivity index (χ0n) is 14.3. The molecule has 6 heteroatoms. The smallest absolute Gasteiger partial charge is 0.227 e. The summed E-state index contributed by atoms with van der Waals surface area (Å²) in [4.78, 5) is 26.5. The molecule has 0 radical (unpaired) electrons. The lowest BCUT2D eigenvalue weighted by molar-refractivity contribution is -0.126. The highest BCUT2D eigenvalue weighted by Gasteiger charge is 2.36. The van der Waals surface area contributed by atoms with Gasteiger partial charge in [-0.25, -0.2) is 0 Å². The molecular weight excluding hydrogens is 306 g/mol. The van der Waals surface area contributed by atoms with Crippen molar-refractivity contribution in [3.63, 3.8) is 0 Å². The number of carbonyl (C=O) groups excluding carboxylic acids is 2. The first kappa shape index (κ1) is 16.8. The highest BCUT2D eigenvalue weighted by Crippen LogP contribution is 2.33. The van der Waals surface area contributed by atoms with Crippen LogP contribution in [0.15, 0.2) is 18.2 Å². The van der Waals surface area contributed by atoms with Crippen molar-refractivity contribution >= 4 is 17.5 Å². The standard InChI is InChI=1S/C18H25N3O3/c1-12-5-6-16(24-2)15(8-12)21-11-13(9-17(21)22)18(23)20-10-14-4-3-7-19-14/h5-6,8,13-14,19H,3-4,7,9-11H2,1-2H3,(H,20,23). The molecule has 130 valence electrons. The Kier molecular flexibility index (Phi) is 5.04. The number of aryl methyl sites for hydroxylation is 1. The molecule has 0 bridgehead atoms. The summed E-state index contributed by atoms with van der Waals surface area (Å²) >= 11 is 0. The molecule has 0 aliphatic carbocycles. The van der Waals surface area contributed by atoms with Gasteiger partial charge in [0.15, 0.2) is 0 Å². The van der Waals surface area contributed by atoms with E-state index in [0.717, 1.165) is 30.6 Å². The number of nitrogens with one attached hydrogen (secondary N) is 2. The molecule has 2 fully saturated rings. The van der Waals surface area contributed by atoms with Crippen LogP contribution in [0.25, 0.3) is 0 Å². The molecule has 1 aromatic rings. The Labute approximate surface area is 142 Å². The lowest BCUT2D eigenvalue weighted by atomic mass is 10.1. The second-order valence-corrected chi connectivity index (χ2v) is 6.62. The minimum atomic E-state index is -0.302. The van der Waals surface area contributed by atoms with Gasteiger partial charge < -0.3 is 20.3 Å². The molecule has 2 heterocycles. The van der Waals surface area contributed by atoms with Crippen LogP contribution in [-0.4, -0.2) is 44.6 Å². The van der Waals surface area contributed by atoms with Gasteiger partial charge in [-0.3, -0.25) is 9.59 Å². The van der Waals surface area contributed by atoms with Gasteiger partial charge in [0.2, 0.25) is 11.8 Å². The third-order valence-corrected chi connectivity index (χ3v) is 4.81. The average molecular weight is 331 g/mol. The number of rotatable bonds is 5. The highest BCUT2D eigenvalue weighted by molar-refractivity contribution is 6.01. The van der Waals surface area contributed by atoms with Gasteiger partial charge in [-0.15, -0.1) is 0 Å². The van der Waals surface area contributed by atoms with Crippen molar-refractivity contribution in [3.8, 4) is 5.75 Å². The molecule has 2 N–H and O–H groups in total. The van der Waals surface area contributed by atoms with Crippen LogP contribution in [0, 0.1) is 12.8 Å². The zero-order chi connectivity index (χ0) is 17.1. The molecule has 2 aliphatic rings. The number of carbonyl (C=O) groups is 2. The van der Waals surface area contributed by atoms with Crippen LogP contribution in [0.2, 0.25) is 0 Å². The SMILES string of the molecule is COc1ccc(C)cc1N1CC(C(=O)NCC2CCCN2)CC1=O. The van der Waals surface area contributed by atoms with Crippen molar-refractivity contribution in [1.82, 2.24) is 10.6 Å². The predicted octanol–water partition coefficient (Wildman–Crippen LogP) is 1.22. The maximum atomic E-state index is 12.4. The zero-order valence-corrected chi connectivity index (χ0v) is 14.3. The number of hydrogen-bond acceptors (Lipinski definition) is 4. The number of methoxy groups -OCH3 is 1. The maximum absolute atomic E-state index is 12.4. The lowest BCUT2D eigenvalue weighted by Gasteiger charge is -2.20. The molecule has 0 saturated carbocycles. The van der Waals surface area contributed by atoms with Crippen LogP contribution in [0.5, 0.6) is 5.75 Å². The van der Waals surface area contributed by atoms with Crippen LogP contribution in [0.3, 0.4) is 0 Å². The highest BCUT2D eigenvalue weighted by atomic mass is 16.5. The van der Waals surface area contributed by atoms with Crippen molar-refractivity contribution in [3.05, 3.63) is 23.8 Å². The van der Waals surface area contributed by atoms with E-state index in [-0.39, 0.29) is 24.2 Å². The number of hydrogen-bond donors (Lipinski definition) is 2. The normalized spacial score (nSPS) is 23.6. The molecule has 3 rings (SSSR count). The second kappa shape index (κ2) is 7.21. The first-order valence-electron chi connectivity index (χ1n) is 8.54. The van der Waals surface area contributed by atoms with Gasteiger partial charge in [-0.05, 0) is 44.0 Å². The summed E-state index contributed by atoms with van der Waals surface area (Å²) in [6, 6.07) is 6.09. The van der Waals surface area contributed by atoms with Crippen LogP contribution in [-0.2, 0) is 9.59 Å². The molecule has 2 amide bonds. The summed E-state index contributed by atoms with van der Waals surface area (Å²) in [5.41, 5.74) is 1.80. The summed E-state index contributed by atoms with van der Waals surface area (Å²) in [5, 5.41) is 6.35. The molecule has 6 nitrogen and oxygen atoms in total. The summed E-state index contributed by atoms with van der Waals surface area (Å²) in [6.07, 6.45) is 2.50. The Morgan fingerprint density at radius 3 is 3.00 bits per heavy atom. The fourth-order valence-electron chi connectivity index (χ4n) is 3.43. The first-order valence-corrected chi connectivity index (χ1v) is 8.54.